The molecule has 2 rings (SSSR count). The zero-order valence-corrected chi connectivity index (χ0v) is 15.6. The Labute approximate surface area is 160 Å². The molecule has 8 heteroatoms. The number of thiocarbonyl (C=S) groups is 1. The van der Waals surface area contributed by atoms with E-state index in [-0.39, 0.29) is 11.7 Å². The van der Waals surface area contributed by atoms with Gasteiger partial charge in [-0.1, -0.05) is 34.8 Å². The molecule has 0 radical (unpaired) electrons. The van der Waals surface area contributed by atoms with Gasteiger partial charge in [0.05, 0.1) is 0 Å². The van der Waals surface area contributed by atoms with Crippen molar-refractivity contribution < 1.29 is 9.53 Å². The summed E-state index contributed by atoms with van der Waals surface area (Å²) in [5, 5.41) is 6.99. The molecule has 2 N–H and O–H groups in total. The largest absolute Gasteiger partial charge is 0.483 e. The molecule has 0 fully saturated rings. The van der Waals surface area contributed by atoms with Crippen molar-refractivity contribution in [2.75, 3.05) is 11.9 Å². The summed E-state index contributed by atoms with van der Waals surface area (Å²) in [6.45, 7) is 1.66. The number of rotatable bonds is 4. The van der Waals surface area contributed by atoms with E-state index in [1.54, 1.807) is 36.4 Å². The predicted molar refractivity (Wildman–Crippen MR) is 103 cm³/mol. The molecule has 0 aromatic heterocycles. The lowest BCUT2D eigenvalue weighted by Crippen LogP contribution is -2.37. The molecule has 0 bridgehead atoms. The van der Waals surface area contributed by atoms with Crippen molar-refractivity contribution in [2.45, 2.75) is 6.92 Å². The van der Waals surface area contributed by atoms with E-state index in [2.05, 4.69) is 10.6 Å². The van der Waals surface area contributed by atoms with Gasteiger partial charge in [-0.25, -0.2) is 0 Å². The van der Waals surface area contributed by atoms with E-state index >= 15 is 0 Å². The number of hydrogen-bond donors (Lipinski definition) is 2. The smallest absolute Gasteiger partial charge is 0.264 e. The van der Waals surface area contributed by atoms with Crippen LogP contribution in [0.1, 0.15) is 5.56 Å². The Kier molecular flexibility index (Phi) is 6.69. The molecule has 0 aliphatic heterocycles. The molecule has 126 valence electrons. The van der Waals surface area contributed by atoms with E-state index in [0.29, 0.717) is 26.5 Å². The Morgan fingerprint density at radius 2 is 1.75 bits per heavy atom. The van der Waals surface area contributed by atoms with Crippen LogP contribution in [-0.4, -0.2) is 17.6 Å². The normalized spacial score (nSPS) is 10.2. The van der Waals surface area contributed by atoms with E-state index in [1.807, 2.05) is 6.92 Å². The van der Waals surface area contributed by atoms with Gasteiger partial charge in [0.25, 0.3) is 5.91 Å². The molecule has 24 heavy (non-hydrogen) atoms. The maximum Gasteiger partial charge on any atom is 0.264 e. The molecule has 0 saturated heterocycles. The highest BCUT2D eigenvalue weighted by molar-refractivity contribution is 7.80. The highest BCUT2D eigenvalue weighted by Crippen LogP contribution is 2.23. The average Bonchev–Trinajstić information content (AvgIpc) is 2.44. The van der Waals surface area contributed by atoms with Crippen molar-refractivity contribution in [3.63, 3.8) is 0 Å². The molecule has 0 atom stereocenters. The molecule has 4 nitrogen and oxygen atoms in total. The fourth-order valence-electron chi connectivity index (χ4n) is 1.87. The minimum Gasteiger partial charge on any atom is -0.483 e. The monoisotopic (exact) mass is 402 g/mol. The average molecular weight is 404 g/mol. The van der Waals surface area contributed by atoms with Crippen LogP contribution in [-0.2, 0) is 4.79 Å². The van der Waals surface area contributed by atoms with E-state index in [1.165, 1.54) is 0 Å². The number of ether oxygens (including phenoxy) is 1. The summed E-state index contributed by atoms with van der Waals surface area (Å²) in [6.07, 6.45) is 0. The van der Waals surface area contributed by atoms with Crippen LogP contribution < -0.4 is 15.4 Å². The van der Waals surface area contributed by atoms with Crippen molar-refractivity contribution in [2.24, 2.45) is 0 Å². The predicted octanol–water partition coefficient (Wildman–Crippen LogP) is 4.85. The highest BCUT2D eigenvalue weighted by Gasteiger charge is 2.08. The van der Waals surface area contributed by atoms with Crippen LogP contribution >= 0.6 is 47.0 Å². The van der Waals surface area contributed by atoms with E-state index in [0.717, 1.165) is 5.56 Å². The van der Waals surface area contributed by atoms with Crippen LogP contribution in [0.2, 0.25) is 15.1 Å². The number of carbonyl (C=O) groups excluding carboxylic acids is 1. The maximum absolute atomic E-state index is 11.9. The summed E-state index contributed by atoms with van der Waals surface area (Å²) < 4.78 is 5.44. The number of halogens is 3. The lowest BCUT2D eigenvalue weighted by molar-refractivity contribution is -0.121. The number of nitrogens with one attached hydrogen (secondary N) is 2. The van der Waals surface area contributed by atoms with Gasteiger partial charge in [0.2, 0.25) is 0 Å². The minimum atomic E-state index is -0.394. The summed E-state index contributed by atoms with van der Waals surface area (Å²) in [7, 11) is 0. The number of benzene rings is 2. The molecule has 0 heterocycles. The highest BCUT2D eigenvalue weighted by atomic mass is 35.5. The fourth-order valence-corrected chi connectivity index (χ4v) is 2.85. The molecule has 0 spiro atoms. The third-order valence-corrected chi connectivity index (χ3v) is 3.74. The summed E-state index contributed by atoms with van der Waals surface area (Å²) in [6, 6.07) is 10.0. The van der Waals surface area contributed by atoms with Crippen molar-refractivity contribution >= 4 is 63.7 Å². The zero-order valence-electron chi connectivity index (χ0n) is 12.5. The first-order valence-corrected chi connectivity index (χ1v) is 8.33. The SMILES string of the molecule is Cc1cc(Cl)ccc1OCC(=O)NC(=S)Nc1cc(Cl)cc(Cl)c1. The van der Waals surface area contributed by atoms with Crippen LogP contribution in [0.5, 0.6) is 5.75 Å². The number of aryl methyl sites for hydroxylation is 1. The summed E-state index contributed by atoms with van der Waals surface area (Å²) >= 11 is 22.7. The van der Waals surface area contributed by atoms with Gasteiger partial charge >= 0.3 is 0 Å². The quantitative estimate of drug-likeness (QED) is 0.717. The molecule has 0 aliphatic carbocycles. The first kappa shape index (κ1) is 18.8. The lowest BCUT2D eigenvalue weighted by atomic mass is 10.2. The lowest BCUT2D eigenvalue weighted by Gasteiger charge is -2.12. The second kappa shape index (κ2) is 8.53. The Bertz CT molecular complexity index is 764. The fraction of sp³-hybridized carbons (Fsp3) is 0.125. The third-order valence-electron chi connectivity index (χ3n) is 2.87. The van der Waals surface area contributed by atoms with E-state index in [4.69, 9.17) is 51.8 Å². The first-order valence-electron chi connectivity index (χ1n) is 6.79. The second-order valence-corrected chi connectivity index (χ2v) is 6.58. The van der Waals surface area contributed by atoms with Crippen LogP contribution in [0.3, 0.4) is 0 Å². The van der Waals surface area contributed by atoms with E-state index < -0.39 is 5.91 Å². The summed E-state index contributed by atoms with van der Waals surface area (Å²) in [5.41, 5.74) is 1.41. The van der Waals surface area contributed by atoms with Gasteiger partial charge in [-0.05, 0) is 61.1 Å². The van der Waals surface area contributed by atoms with Gasteiger partial charge in [0, 0.05) is 20.8 Å². The Morgan fingerprint density at radius 3 is 2.38 bits per heavy atom. The van der Waals surface area contributed by atoms with Crippen LogP contribution in [0.15, 0.2) is 36.4 Å². The maximum atomic E-state index is 11.9. The number of anilines is 1. The van der Waals surface area contributed by atoms with Crippen molar-refractivity contribution in [3.05, 3.63) is 57.0 Å². The molecule has 0 unspecified atom stereocenters. The molecule has 0 saturated carbocycles. The second-order valence-electron chi connectivity index (χ2n) is 4.86. The molecular formula is C16H13Cl3N2O2S. The number of hydrogen-bond acceptors (Lipinski definition) is 3. The van der Waals surface area contributed by atoms with Gasteiger partial charge in [0.15, 0.2) is 11.7 Å². The van der Waals surface area contributed by atoms with Gasteiger partial charge in [0.1, 0.15) is 5.75 Å². The van der Waals surface area contributed by atoms with Crippen molar-refractivity contribution in [3.8, 4) is 5.75 Å². The molecule has 2 aromatic carbocycles. The standard InChI is InChI=1S/C16H13Cl3N2O2S/c1-9-4-10(17)2-3-14(9)23-8-15(22)21-16(24)20-13-6-11(18)5-12(19)7-13/h2-7H,8H2,1H3,(H2,20,21,22,24). The van der Waals surface area contributed by atoms with Crippen molar-refractivity contribution in [1.82, 2.24) is 5.32 Å². The van der Waals surface area contributed by atoms with Gasteiger partial charge in [-0.3, -0.25) is 10.1 Å². The third kappa shape index (κ3) is 5.83. The molecular weight excluding hydrogens is 391 g/mol. The summed E-state index contributed by atoms with van der Waals surface area (Å²) in [5.74, 6) is 0.185. The van der Waals surface area contributed by atoms with Crippen LogP contribution in [0.4, 0.5) is 5.69 Å². The molecule has 0 aliphatic rings. The van der Waals surface area contributed by atoms with Crippen molar-refractivity contribution in [1.29, 1.82) is 0 Å². The number of amides is 1. The minimum absolute atomic E-state index is 0.120. The van der Waals surface area contributed by atoms with E-state index in [9.17, 15) is 4.79 Å². The first-order chi connectivity index (χ1) is 11.3. The Hall–Kier alpha value is -1.53. The van der Waals surface area contributed by atoms with Crippen LogP contribution in [0, 0.1) is 6.92 Å². The molecule has 2 aromatic rings. The Balaban J connectivity index is 1.86. The topological polar surface area (TPSA) is 50.4 Å². The Morgan fingerprint density at radius 1 is 1.08 bits per heavy atom. The zero-order chi connectivity index (χ0) is 17.7. The number of carbonyl (C=O) groups is 1. The summed E-state index contributed by atoms with van der Waals surface area (Å²) in [4.78, 5) is 11.9. The van der Waals surface area contributed by atoms with Gasteiger partial charge in [-0.2, -0.15) is 0 Å². The molecule has 1 amide bonds. The van der Waals surface area contributed by atoms with Gasteiger partial charge < -0.3 is 10.1 Å². The van der Waals surface area contributed by atoms with Gasteiger partial charge in [-0.15, -0.1) is 0 Å². The van der Waals surface area contributed by atoms with Crippen LogP contribution in [0.25, 0.3) is 0 Å².